The third kappa shape index (κ3) is 2.17. The number of hydrogen-bond donors (Lipinski definition) is 1. The van der Waals surface area contributed by atoms with Gasteiger partial charge in [0.2, 0.25) is 6.79 Å². The van der Waals surface area contributed by atoms with Crippen LogP contribution in [-0.4, -0.2) is 22.8 Å². The summed E-state index contributed by atoms with van der Waals surface area (Å²) >= 11 is 0. The van der Waals surface area contributed by atoms with E-state index in [1.807, 2.05) is 0 Å². The fourth-order valence-corrected chi connectivity index (χ4v) is 1.40. The van der Waals surface area contributed by atoms with E-state index in [4.69, 9.17) is 14.6 Å². The van der Waals surface area contributed by atoms with Crippen molar-refractivity contribution in [2.24, 2.45) is 0 Å². The summed E-state index contributed by atoms with van der Waals surface area (Å²) in [4.78, 5) is 20.6. The summed E-state index contributed by atoms with van der Waals surface area (Å²) in [6.07, 6.45) is 1.97. The standard InChI is InChI=1S/C10H7NO6/c12-10(13)2-1-6-3-8-9(17-5-16-8)4-7(6)11(14)15/h1-4H,5H2,(H,12,13)/b2-1+. The van der Waals surface area contributed by atoms with E-state index in [0.29, 0.717) is 5.75 Å². The quantitative estimate of drug-likeness (QED) is 0.485. The zero-order chi connectivity index (χ0) is 12.4. The predicted molar refractivity (Wildman–Crippen MR) is 55.9 cm³/mol. The van der Waals surface area contributed by atoms with Crippen LogP contribution in [0.4, 0.5) is 5.69 Å². The molecule has 0 bridgehead atoms. The second-order valence-electron chi connectivity index (χ2n) is 3.19. The molecule has 88 valence electrons. The second kappa shape index (κ2) is 4.12. The van der Waals surface area contributed by atoms with Crippen molar-refractivity contribution in [2.75, 3.05) is 6.79 Å². The molecule has 0 fully saturated rings. The van der Waals surface area contributed by atoms with Gasteiger partial charge in [0.25, 0.3) is 5.69 Å². The molecule has 2 rings (SSSR count). The van der Waals surface area contributed by atoms with Crippen molar-refractivity contribution < 1.29 is 24.3 Å². The van der Waals surface area contributed by atoms with Crippen molar-refractivity contribution in [1.29, 1.82) is 0 Å². The summed E-state index contributed by atoms with van der Waals surface area (Å²) in [5.74, 6) is -0.540. The first-order valence-electron chi connectivity index (χ1n) is 4.57. The maximum absolute atomic E-state index is 10.8. The average molecular weight is 237 g/mol. The SMILES string of the molecule is O=C(O)/C=C/c1cc2c(cc1[N+](=O)[O-])OCO2. The van der Waals surface area contributed by atoms with Gasteiger partial charge in [0, 0.05) is 6.08 Å². The minimum Gasteiger partial charge on any atom is -0.478 e. The average Bonchev–Trinajstić information content (AvgIpc) is 2.71. The van der Waals surface area contributed by atoms with Crippen LogP contribution in [0.5, 0.6) is 11.5 Å². The number of nitro benzene ring substituents is 1. The summed E-state index contributed by atoms with van der Waals surface area (Å²) in [5.41, 5.74) is -0.0756. The summed E-state index contributed by atoms with van der Waals surface area (Å²) < 4.78 is 10.1. The highest BCUT2D eigenvalue weighted by Crippen LogP contribution is 2.38. The Balaban J connectivity index is 2.48. The zero-order valence-corrected chi connectivity index (χ0v) is 8.45. The van der Waals surface area contributed by atoms with Gasteiger partial charge in [0.1, 0.15) is 0 Å². The van der Waals surface area contributed by atoms with Crippen LogP contribution >= 0.6 is 0 Å². The second-order valence-corrected chi connectivity index (χ2v) is 3.19. The maximum Gasteiger partial charge on any atom is 0.328 e. The molecule has 0 unspecified atom stereocenters. The molecule has 0 aliphatic carbocycles. The van der Waals surface area contributed by atoms with Gasteiger partial charge in [-0.15, -0.1) is 0 Å². The first-order chi connectivity index (χ1) is 8.08. The van der Waals surface area contributed by atoms with Gasteiger partial charge in [-0.25, -0.2) is 4.79 Å². The van der Waals surface area contributed by atoms with Crippen molar-refractivity contribution in [3.8, 4) is 11.5 Å². The monoisotopic (exact) mass is 237 g/mol. The van der Waals surface area contributed by atoms with E-state index >= 15 is 0 Å². The molecular weight excluding hydrogens is 230 g/mol. The van der Waals surface area contributed by atoms with Crippen molar-refractivity contribution in [1.82, 2.24) is 0 Å². The topological polar surface area (TPSA) is 98.9 Å². The fourth-order valence-electron chi connectivity index (χ4n) is 1.40. The number of nitro groups is 1. The number of hydrogen-bond acceptors (Lipinski definition) is 5. The molecule has 1 aliphatic heterocycles. The van der Waals surface area contributed by atoms with E-state index in [2.05, 4.69) is 0 Å². The first kappa shape index (κ1) is 10.9. The van der Waals surface area contributed by atoms with E-state index in [1.54, 1.807) is 0 Å². The molecule has 1 heterocycles. The van der Waals surface area contributed by atoms with Gasteiger partial charge in [-0.2, -0.15) is 0 Å². The van der Waals surface area contributed by atoms with Crippen molar-refractivity contribution in [3.63, 3.8) is 0 Å². The third-order valence-corrected chi connectivity index (χ3v) is 2.12. The maximum atomic E-state index is 10.8. The zero-order valence-electron chi connectivity index (χ0n) is 8.45. The summed E-state index contributed by atoms with van der Waals surface area (Å²) in [5, 5.41) is 19.3. The normalized spacial score (nSPS) is 12.9. The van der Waals surface area contributed by atoms with Crippen molar-refractivity contribution in [2.45, 2.75) is 0 Å². The number of nitrogens with zero attached hydrogens (tertiary/aromatic N) is 1. The number of carboxylic acid groups (broad SMARTS) is 1. The molecule has 0 aromatic heterocycles. The van der Waals surface area contributed by atoms with E-state index in [1.165, 1.54) is 12.1 Å². The minimum atomic E-state index is -1.18. The molecule has 1 N–H and O–H groups in total. The largest absolute Gasteiger partial charge is 0.478 e. The van der Waals surface area contributed by atoms with Crippen molar-refractivity contribution in [3.05, 3.63) is 33.9 Å². The molecular formula is C10H7NO6. The molecule has 0 radical (unpaired) electrons. The van der Waals surface area contributed by atoms with Gasteiger partial charge in [-0.3, -0.25) is 10.1 Å². The van der Waals surface area contributed by atoms with Crippen LogP contribution in [0.15, 0.2) is 18.2 Å². The molecule has 0 saturated carbocycles. The molecule has 0 atom stereocenters. The lowest BCUT2D eigenvalue weighted by atomic mass is 10.1. The van der Waals surface area contributed by atoms with Crippen LogP contribution in [0, 0.1) is 10.1 Å². The van der Waals surface area contributed by atoms with Crippen LogP contribution in [0.2, 0.25) is 0 Å². The lowest BCUT2D eigenvalue weighted by Crippen LogP contribution is -1.93. The number of aliphatic carboxylic acids is 1. The first-order valence-corrected chi connectivity index (χ1v) is 4.57. The summed E-state index contributed by atoms with van der Waals surface area (Å²) in [6.45, 7) is -0.00140. The predicted octanol–water partition coefficient (Wildman–Crippen LogP) is 1.42. The molecule has 17 heavy (non-hydrogen) atoms. The van der Waals surface area contributed by atoms with E-state index < -0.39 is 10.9 Å². The Morgan fingerprint density at radius 2 is 2.06 bits per heavy atom. The van der Waals surface area contributed by atoms with Crippen molar-refractivity contribution >= 4 is 17.7 Å². The smallest absolute Gasteiger partial charge is 0.328 e. The third-order valence-electron chi connectivity index (χ3n) is 2.12. The Bertz CT molecular complexity index is 522. The number of ether oxygens (including phenoxy) is 2. The number of carbonyl (C=O) groups is 1. The molecule has 0 spiro atoms. The Morgan fingerprint density at radius 1 is 1.41 bits per heavy atom. The van der Waals surface area contributed by atoms with Crippen LogP contribution in [0.1, 0.15) is 5.56 Å². The van der Waals surface area contributed by atoms with Gasteiger partial charge >= 0.3 is 5.97 Å². The molecule has 7 heteroatoms. The molecule has 1 aromatic carbocycles. The van der Waals surface area contributed by atoms with E-state index in [-0.39, 0.29) is 23.8 Å². The molecule has 0 amide bonds. The van der Waals surface area contributed by atoms with Crippen LogP contribution < -0.4 is 9.47 Å². The van der Waals surface area contributed by atoms with Gasteiger partial charge < -0.3 is 14.6 Å². The number of carboxylic acids is 1. The fraction of sp³-hybridized carbons (Fsp3) is 0.100. The molecule has 7 nitrogen and oxygen atoms in total. The highest BCUT2D eigenvalue weighted by Gasteiger charge is 2.22. The lowest BCUT2D eigenvalue weighted by molar-refractivity contribution is -0.385. The highest BCUT2D eigenvalue weighted by atomic mass is 16.7. The Hall–Kier alpha value is -2.57. The molecule has 0 saturated heterocycles. The van der Waals surface area contributed by atoms with Crippen LogP contribution in [-0.2, 0) is 4.79 Å². The van der Waals surface area contributed by atoms with Gasteiger partial charge in [-0.1, -0.05) is 0 Å². The Kier molecular flexibility index (Phi) is 2.65. The highest BCUT2D eigenvalue weighted by molar-refractivity contribution is 5.86. The van der Waals surface area contributed by atoms with Gasteiger partial charge in [-0.05, 0) is 12.1 Å². The van der Waals surface area contributed by atoms with Gasteiger partial charge in [0.05, 0.1) is 16.6 Å². The van der Waals surface area contributed by atoms with E-state index in [9.17, 15) is 14.9 Å². The summed E-state index contributed by atoms with van der Waals surface area (Å²) in [6, 6.07) is 2.59. The molecule has 1 aliphatic rings. The van der Waals surface area contributed by atoms with Gasteiger partial charge in [0.15, 0.2) is 11.5 Å². The lowest BCUT2D eigenvalue weighted by Gasteiger charge is -2.00. The number of fused-ring (bicyclic) bond motifs is 1. The number of rotatable bonds is 3. The minimum absolute atomic E-state index is 0.00140. The van der Waals surface area contributed by atoms with E-state index in [0.717, 1.165) is 12.2 Å². The Labute approximate surface area is 95.0 Å². The summed E-state index contributed by atoms with van der Waals surface area (Å²) in [7, 11) is 0. The number of benzene rings is 1. The van der Waals surface area contributed by atoms with Crippen LogP contribution in [0.3, 0.4) is 0 Å². The molecule has 1 aromatic rings. The Morgan fingerprint density at radius 3 is 2.65 bits per heavy atom. The van der Waals surface area contributed by atoms with Crippen LogP contribution in [0.25, 0.3) is 6.08 Å².